The summed E-state index contributed by atoms with van der Waals surface area (Å²) in [6.07, 6.45) is 0. The van der Waals surface area contributed by atoms with Gasteiger partial charge in [-0.3, -0.25) is 4.79 Å². The van der Waals surface area contributed by atoms with E-state index in [9.17, 15) is 4.79 Å². The van der Waals surface area contributed by atoms with Gasteiger partial charge in [-0.2, -0.15) is 23.1 Å². The van der Waals surface area contributed by atoms with E-state index in [4.69, 9.17) is 4.74 Å². The van der Waals surface area contributed by atoms with Crippen molar-refractivity contribution in [2.75, 3.05) is 19.4 Å². The Balaban J connectivity index is 1.46. The Morgan fingerprint density at radius 3 is 2.80 bits per heavy atom. The molecule has 0 aliphatic carbocycles. The third-order valence-electron chi connectivity index (χ3n) is 3.45. The topological polar surface area (TPSA) is 51.2 Å². The summed E-state index contributed by atoms with van der Waals surface area (Å²) in [6, 6.07) is 9.80. The van der Waals surface area contributed by atoms with Gasteiger partial charge in [0.2, 0.25) is 0 Å². The maximum absolute atomic E-state index is 12.2. The number of methoxy groups -OCH3 is 1. The number of hydrogen-bond donors (Lipinski definition) is 1. The molecule has 0 saturated carbocycles. The zero-order valence-electron chi connectivity index (χ0n) is 13.7. The molecule has 0 atom stereocenters. The Kier molecular flexibility index (Phi) is 6.49. The number of nitrogens with zero attached hydrogens (tertiary/aromatic N) is 1. The van der Waals surface area contributed by atoms with E-state index in [2.05, 4.69) is 27.1 Å². The van der Waals surface area contributed by atoms with Crippen LogP contribution in [0.1, 0.15) is 16.1 Å². The van der Waals surface area contributed by atoms with Gasteiger partial charge in [-0.1, -0.05) is 0 Å². The molecule has 25 heavy (non-hydrogen) atoms. The van der Waals surface area contributed by atoms with Gasteiger partial charge in [0.25, 0.3) is 5.91 Å². The molecule has 0 saturated heterocycles. The minimum Gasteiger partial charge on any atom is -0.497 e. The number of ether oxygens (including phenoxy) is 1. The van der Waals surface area contributed by atoms with Gasteiger partial charge in [-0.05, 0) is 46.7 Å². The van der Waals surface area contributed by atoms with E-state index in [0.717, 1.165) is 27.8 Å². The molecule has 0 bridgehead atoms. The van der Waals surface area contributed by atoms with E-state index in [1.807, 2.05) is 36.0 Å². The highest BCUT2D eigenvalue weighted by molar-refractivity contribution is 7.98. The first kappa shape index (κ1) is 18.0. The van der Waals surface area contributed by atoms with Crippen molar-refractivity contribution in [2.45, 2.75) is 5.75 Å². The molecular formula is C18H18N2O2S3. The van der Waals surface area contributed by atoms with Gasteiger partial charge < -0.3 is 10.1 Å². The lowest BCUT2D eigenvalue weighted by Gasteiger charge is -2.03. The predicted molar refractivity (Wildman–Crippen MR) is 107 cm³/mol. The van der Waals surface area contributed by atoms with Crippen molar-refractivity contribution in [1.29, 1.82) is 0 Å². The first-order valence-corrected chi connectivity index (χ1v) is 10.7. The molecule has 1 N–H and O–H groups in total. The van der Waals surface area contributed by atoms with Crippen molar-refractivity contribution >= 4 is 40.3 Å². The van der Waals surface area contributed by atoms with Gasteiger partial charge in [0.1, 0.15) is 16.5 Å². The summed E-state index contributed by atoms with van der Waals surface area (Å²) >= 11 is 5.00. The first-order valence-electron chi connectivity index (χ1n) is 7.73. The van der Waals surface area contributed by atoms with Gasteiger partial charge in [-0.15, -0.1) is 11.3 Å². The maximum atomic E-state index is 12.2. The number of thiazole rings is 1. The number of rotatable bonds is 8. The number of carbonyl (C=O) groups is 1. The zero-order chi connectivity index (χ0) is 17.5. The van der Waals surface area contributed by atoms with E-state index < -0.39 is 0 Å². The number of carbonyl (C=O) groups excluding carboxylic acids is 1. The lowest BCUT2D eigenvalue weighted by Crippen LogP contribution is -2.26. The molecule has 1 amide bonds. The number of thiophene rings is 1. The van der Waals surface area contributed by atoms with Crippen molar-refractivity contribution in [3.8, 4) is 16.3 Å². The molecular weight excluding hydrogens is 372 g/mol. The van der Waals surface area contributed by atoms with Crippen LogP contribution in [0.3, 0.4) is 0 Å². The third kappa shape index (κ3) is 5.07. The first-order chi connectivity index (χ1) is 12.3. The van der Waals surface area contributed by atoms with Crippen molar-refractivity contribution < 1.29 is 9.53 Å². The quantitative estimate of drug-likeness (QED) is 0.574. The van der Waals surface area contributed by atoms with E-state index >= 15 is 0 Å². The van der Waals surface area contributed by atoms with E-state index in [1.54, 1.807) is 23.8 Å². The number of aromatic nitrogens is 1. The van der Waals surface area contributed by atoms with Crippen LogP contribution in [0.2, 0.25) is 0 Å². The predicted octanol–water partition coefficient (Wildman–Crippen LogP) is 4.54. The minimum atomic E-state index is -0.118. The summed E-state index contributed by atoms with van der Waals surface area (Å²) in [5, 5.41) is 9.80. The smallest absolute Gasteiger partial charge is 0.270 e. The van der Waals surface area contributed by atoms with E-state index in [1.165, 1.54) is 16.9 Å². The largest absolute Gasteiger partial charge is 0.497 e. The van der Waals surface area contributed by atoms with Crippen molar-refractivity contribution in [3.63, 3.8) is 0 Å². The second-order valence-corrected chi connectivity index (χ2v) is 7.95. The fourth-order valence-electron chi connectivity index (χ4n) is 2.14. The Hall–Kier alpha value is -1.83. The Bertz CT molecular complexity index is 798. The Labute approximate surface area is 159 Å². The van der Waals surface area contributed by atoms with E-state index in [0.29, 0.717) is 12.2 Å². The van der Waals surface area contributed by atoms with Crippen LogP contribution in [-0.2, 0) is 5.75 Å². The summed E-state index contributed by atoms with van der Waals surface area (Å²) in [6.45, 7) is 0.642. The monoisotopic (exact) mass is 390 g/mol. The number of amides is 1. The molecule has 4 nitrogen and oxygen atoms in total. The molecule has 0 fully saturated rings. The third-order valence-corrected chi connectivity index (χ3v) is 6.11. The SMILES string of the molecule is COc1ccc(-c2nc(C(=O)NCCSCc3ccsc3)cs2)cc1. The molecule has 2 heterocycles. The van der Waals surface area contributed by atoms with Gasteiger partial charge in [0.15, 0.2) is 0 Å². The van der Waals surface area contributed by atoms with Gasteiger partial charge in [0, 0.05) is 29.0 Å². The maximum Gasteiger partial charge on any atom is 0.270 e. The van der Waals surface area contributed by atoms with Crippen LogP contribution in [-0.4, -0.2) is 30.3 Å². The van der Waals surface area contributed by atoms with Crippen LogP contribution in [0.4, 0.5) is 0 Å². The average molecular weight is 391 g/mol. The van der Waals surface area contributed by atoms with E-state index in [-0.39, 0.29) is 5.91 Å². The van der Waals surface area contributed by atoms with Crippen LogP contribution in [0.5, 0.6) is 5.75 Å². The summed E-state index contributed by atoms with van der Waals surface area (Å²) in [7, 11) is 1.64. The fourth-order valence-corrected chi connectivity index (χ4v) is 4.52. The highest BCUT2D eigenvalue weighted by Crippen LogP contribution is 2.25. The van der Waals surface area contributed by atoms with Crippen LogP contribution >= 0.6 is 34.4 Å². The molecule has 0 radical (unpaired) electrons. The van der Waals surface area contributed by atoms with Crippen LogP contribution in [0.15, 0.2) is 46.5 Å². The molecule has 7 heteroatoms. The molecule has 1 aromatic carbocycles. The standard InChI is InChI=1S/C18H18N2O2S3/c1-22-15-4-2-14(3-5-15)18-20-16(12-25-18)17(21)19-7-9-24-11-13-6-8-23-10-13/h2-6,8,10,12H,7,9,11H2,1H3,(H,19,21). The zero-order valence-corrected chi connectivity index (χ0v) is 16.2. The summed E-state index contributed by atoms with van der Waals surface area (Å²) in [5.41, 5.74) is 2.79. The lowest BCUT2D eigenvalue weighted by molar-refractivity contribution is 0.0952. The van der Waals surface area contributed by atoms with Crippen molar-refractivity contribution in [3.05, 3.63) is 57.7 Å². The molecule has 0 aliphatic rings. The van der Waals surface area contributed by atoms with Crippen LogP contribution < -0.4 is 10.1 Å². The van der Waals surface area contributed by atoms with Gasteiger partial charge in [-0.25, -0.2) is 4.98 Å². The molecule has 0 unspecified atom stereocenters. The van der Waals surface area contributed by atoms with Gasteiger partial charge in [0.05, 0.1) is 7.11 Å². The van der Waals surface area contributed by atoms with Crippen molar-refractivity contribution in [2.24, 2.45) is 0 Å². The number of thioether (sulfide) groups is 1. The minimum absolute atomic E-state index is 0.118. The Morgan fingerprint density at radius 1 is 1.24 bits per heavy atom. The second-order valence-electron chi connectivity index (χ2n) is 5.21. The van der Waals surface area contributed by atoms with Gasteiger partial charge >= 0.3 is 0 Å². The highest BCUT2D eigenvalue weighted by atomic mass is 32.2. The second kappa shape index (κ2) is 9.03. The average Bonchev–Trinajstić information content (AvgIpc) is 3.33. The highest BCUT2D eigenvalue weighted by Gasteiger charge is 2.11. The number of nitrogens with one attached hydrogen (secondary N) is 1. The lowest BCUT2D eigenvalue weighted by atomic mass is 10.2. The van der Waals surface area contributed by atoms with Crippen molar-refractivity contribution in [1.82, 2.24) is 10.3 Å². The summed E-state index contributed by atoms with van der Waals surface area (Å²) in [5.74, 6) is 2.56. The summed E-state index contributed by atoms with van der Waals surface area (Å²) < 4.78 is 5.15. The molecule has 3 rings (SSSR count). The van der Waals surface area contributed by atoms with Crippen LogP contribution in [0, 0.1) is 0 Å². The molecule has 0 spiro atoms. The number of hydrogen-bond acceptors (Lipinski definition) is 6. The summed E-state index contributed by atoms with van der Waals surface area (Å²) in [4.78, 5) is 16.6. The molecule has 3 aromatic rings. The number of benzene rings is 1. The molecule has 0 aliphatic heterocycles. The fraction of sp³-hybridized carbons (Fsp3) is 0.222. The Morgan fingerprint density at radius 2 is 2.08 bits per heavy atom. The molecule has 130 valence electrons. The van der Waals surface area contributed by atoms with Crippen LogP contribution in [0.25, 0.3) is 10.6 Å². The molecule has 2 aromatic heterocycles. The normalized spacial score (nSPS) is 10.6.